The summed E-state index contributed by atoms with van der Waals surface area (Å²) in [6, 6.07) is 14.1. The molecule has 1 aromatic heterocycles. The van der Waals surface area contributed by atoms with Gasteiger partial charge in [-0.25, -0.2) is 0 Å². The zero-order valence-electron chi connectivity index (χ0n) is 15.4. The summed E-state index contributed by atoms with van der Waals surface area (Å²) in [5, 5.41) is 14.9. The van der Waals surface area contributed by atoms with Gasteiger partial charge in [-0.15, -0.1) is 0 Å². The first-order chi connectivity index (χ1) is 12.9. The third-order valence-corrected chi connectivity index (χ3v) is 4.59. The first-order valence-corrected chi connectivity index (χ1v) is 9.04. The Morgan fingerprint density at radius 2 is 1.93 bits per heavy atom. The number of nitro groups is 1. The highest BCUT2D eigenvalue weighted by Crippen LogP contribution is 2.34. The van der Waals surface area contributed by atoms with Crippen molar-refractivity contribution >= 4 is 28.2 Å². The van der Waals surface area contributed by atoms with Crippen molar-refractivity contribution in [1.82, 2.24) is 4.98 Å². The minimum absolute atomic E-state index is 0.0236. The standard InChI is InChI=1S/C21H23N3O3/c1-14(2)10-15(11-21(25)23-16-6-4-3-5-7-16)19-13-22-20-9-8-17(24(26)27)12-18(19)20/h3-9,12-15,22H,10-11H2,1-2H3,(H,23,25)/t15-/m0/s1. The Morgan fingerprint density at radius 3 is 2.59 bits per heavy atom. The second-order valence-corrected chi connectivity index (χ2v) is 7.18. The van der Waals surface area contributed by atoms with Gasteiger partial charge in [0.1, 0.15) is 0 Å². The molecule has 1 amide bonds. The SMILES string of the molecule is CC(C)C[C@@H](CC(=O)Nc1ccccc1)c1c[nH]c2ccc([N+](=O)[O-])cc12. The van der Waals surface area contributed by atoms with E-state index in [9.17, 15) is 14.9 Å². The first-order valence-electron chi connectivity index (χ1n) is 9.04. The fourth-order valence-electron chi connectivity index (χ4n) is 3.43. The van der Waals surface area contributed by atoms with Crippen LogP contribution in [0.3, 0.4) is 0 Å². The molecule has 6 nitrogen and oxygen atoms in total. The van der Waals surface area contributed by atoms with Gasteiger partial charge in [0.2, 0.25) is 5.91 Å². The third-order valence-electron chi connectivity index (χ3n) is 4.59. The molecule has 0 aliphatic rings. The number of nitro benzene ring substituents is 1. The smallest absolute Gasteiger partial charge is 0.270 e. The van der Waals surface area contributed by atoms with Crippen molar-refractivity contribution in [2.45, 2.75) is 32.6 Å². The number of hydrogen-bond donors (Lipinski definition) is 2. The molecule has 0 unspecified atom stereocenters. The molecule has 27 heavy (non-hydrogen) atoms. The highest BCUT2D eigenvalue weighted by atomic mass is 16.6. The normalized spacial score (nSPS) is 12.3. The van der Waals surface area contributed by atoms with Crippen LogP contribution in [0.15, 0.2) is 54.7 Å². The maximum Gasteiger partial charge on any atom is 0.270 e. The predicted octanol–water partition coefficient (Wildman–Crippen LogP) is 5.23. The molecule has 1 atom stereocenters. The fraction of sp³-hybridized carbons (Fsp3) is 0.286. The largest absolute Gasteiger partial charge is 0.361 e. The van der Waals surface area contributed by atoms with Crippen LogP contribution in [0, 0.1) is 16.0 Å². The fourth-order valence-corrected chi connectivity index (χ4v) is 3.43. The number of H-pyrrole nitrogens is 1. The molecule has 0 aliphatic heterocycles. The molecule has 0 fully saturated rings. The maximum absolute atomic E-state index is 12.6. The topological polar surface area (TPSA) is 88.0 Å². The number of nitrogens with zero attached hydrogens (tertiary/aromatic N) is 1. The van der Waals surface area contributed by atoms with Crippen LogP contribution in [0.25, 0.3) is 10.9 Å². The molecule has 140 valence electrons. The van der Waals surface area contributed by atoms with Crippen LogP contribution in [0.5, 0.6) is 0 Å². The summed E-state index contributed by atoms with van der Waals surface area (Å²) in [5.74, 6) is 0.305. The molecular weight excluding hydrogens is 342 g/mol. The number of carbonyl (C=O) groups is 1. The molecule has 0 radical (unpaired) electrons. The van der Waals surface area contributed by atoms with E-state index in [1.165, 1.54) is 6.07 Å². The van der Waals surface area contributed by atoms with Crippen molar-refractivity contribution in [3.05, 3.63) is 70.4 Å². The highest BCUT2D eigenvalue weighted by Gasteiger charge is 2.22. The Balaban J connectivity index is 1.88. The average molecular weight is 365 g/mol. The van der Waals surface area contributed by atoms with E-state index in [0.29, 0.717) is 12.3 Å². The van der Waals surface area contributed by atoms with E-state index in [2.05, 4.69) is 24.1 Å². The zero-order valence-corrected chi connectivity index (χ0v) is 15.4. The van der Waals surface area contributed by atoms with Crippen LogP contribution in [-0.2, 0) is 4.79 Å². The van der Waals surface area contributed by atoms with Crippen LogP contribution in [-0.4, -0.2) is 15.8 Å². The Bertz CT molecular complexity index is 948. The second kappa shape index (κ2) is 8.03. The molecule has 0 spiro atoms. The lowest BCUT2D eigenvalue weighted by atomic mass is 9.87. The van der Waals surface area contributed by atoms with E-state index in [1.54, 1.807) is 12.1 Å². The van der Waals surface area contributed by atoms with Gasteiger partial charge in [0.25, 0.3) is 5.69 Å². The van der Waals surface area contributed by atoms with Crippen molar-refractivity contribution in [2.75, 3.05) is 5.32 Å². The summed E-state index contributed by atoms with van der Waals surface area (Å²) in [6.07, 6.45) is 3.01. The molecule has 1 heterocycles. The van der Waals surface area contributed by atoms with E-state index in [1.807, 2.05) is 36.5 Å². The molecule has 0 saturated heterocycles. The number of rotatable bonds is 7. The van der Waals surface area contributed by atoms with Gasteiger partial charge in [0.05, 0.1) is 4.92 Å². The van der Waals surface area contributed by atoms with E-state index in [4.69, 9.17) is 0 Å². The average Bonchev–Trinajstić information content (AvgIpc) is 3.04. The molecule has 0 aliphatic carbocycles. The van der Waals surface area contributed by atoms with Crippen LogP contribution in [0.4, 0.5) is 11.4 Å². The van der Waals surface area contributed by atoms with Gasteiger partial charge < -0.3 is 10.3 Å². The number of para-hydroxylation sites is 1. The quantitative estimate of drug-likeness (QED) is 0.443. The van der Waals surface area contributed by atoms with Crippen LogP contribution >= 0.6 is 0 Å². The van der Waals surface area contributed by atoms with E-state index in [-0.39, 0.29) is 17.5 Å². The van der Waals surface area contributed by atoms with Crippen molar-refractivity contribution in [1.29, 1.82) is 0 Å². The molecule has 3 rings (SSSR count). The van der Waals surface area contributed by atoms with Gasteiger partial charge in [-0.1, -0.05) is 32.0 Å². The number of hydrogen-bond acceptors (Lipinski definition) is 3. The molecule has 0 bridgehead atoms. The lowest BCUT2D eigenvalue weighted by Crippen LogP contribution is -2.16. The summed E-state index contributed by atoms with van der Waals surface area (Å²) in [7, 11) is 0. The van der Waals surface area contributed by atoms with Crippen LogP contribution < -0.4 is 5.32 Å². The van der Waals surface area contributed by atoms with E-state index in [0.717, 1.165) is 28.6 Å². The Morgan fingerprint density at radius 1 is 1.19 bits per heavy atom. The lowest BCUT2D eigenvalue weighted by Gasteiger charge is -2.18. The van der Waals surface area contributed by atoms with Gasteiger partial charge >= 0.3 is 0 Å². The van der Waals surface area contributed by atoms with E-state index < -0.39 is 4.92 Å². The lowest BCUT2D eigenvalue weighted by molar-refractivity contribution is -0.384. The number of fused-ring (bicyclic) bond motifs is 1. The monoisotopic (exact) mass is 365 g/mol. The Hall–Kier alpha value is -3.15. The van der Waals surface area contributed by atoms with E-state index >= 15 is 0 Å². The summed E-state index contributed by atoms with van der Waals surface area (Å²) < 4.78 is 0. The third kappa shape index (κ3) is 4.53. The van der Waals surface area contributed by atoms with Crippen molar-refractivity contribution in [2.24, 2.45) is 5.92 Å². The number of carbonyl (C=O) groups excluding carboxylic acids is 1. The van der Waals surface area contributed by atoms with Crippen molar-refractivity contribution in [3.63, 3.8) is 0 Å². The number of aromatic nitrogens is 1. The minimum atomic E-state index is -0.393. The Kier molecular flexibility index (Phi) is 5.54. The van der Waals surface area contributed by atoms with Crippen LogP contribution in [0.2, 0.25) is 0 Å². The number of anilines is 1. The zero-order chi connectivity index (χ0) is 19.4. The predicted molar refractivity (Wildman–Crippen MR) is 107 cm³/mol. The molecular formula is C21H23N3O3. The number of nitrogens with one attached hydrogen (secondary N) is 2. The highest BCUT2D eigenvalue weighted by molar-refractivity contribution is 5.92. The van der Waals surface area contributed by atoms with Crippen molar-refractivity contribution in [3.8, 4) is 0 Å². The number of aromatic amines is 1. The second-order valence-electron chi connectivity index (χ2n) is 7.18. The number of benzene rings is 2. The van der Waals surface area contributed by atoms with Gasteiger partial charge in [0, 0.05) is 41.3 Å². The molecule has 2 aromatic carbocycles. The molecule has 0 saturated carbocycles. The van der Waals surface area contributed by atoms with Gasteiger partial charge in [0.15, 0.2) is 0 Å². The van der Waals surface area contributed by atoms with Gasteiger partial charge in [-0.3, -0.25) is 14.9 Å². The number of non-ortho nitro benzene ring substituents is 1. The van der Waals surface area contributed by atoms with Gasteiger partial charge in [-0.2, -0.15) is 0 Å². The summed E-state index contributed by atoms with van der Waals surface area (Å²) in [5.41, 5.74) is 2.61. The van der Waals surface area contributed by atoms with Crippen molar-refractivity contribution < 1.29 is 9.72 Å². The molecule has 2 N–H and O–H groups in total. The Labute approximate surface area is 157 Å². The summed E-state index contributed by atoms with van der Waals surface area (Å²) in [4.78, 5) is 26.5. The van der Waals surface area contributed by atoms with Crippen LogP contribution in [0.1, 0.15) is 38.2 Å². The minimum Gasteiger partial charge on any atom is -0.361 e. The number of amides is 1. The summed E-state index contributed by atoms with van der Waals surface area (Å²) >= 11 is 0. The summed E-state index contributed by atoms with van der Waals surface area (Å²) in [6.45, 7) is 4.22. The molecule has 3 aromatic rings. The molecule has 6 heteroatoms. The maximum atomic E-state index is 12.6. The van der Waals surface area contributed by atoms with Gasteiger partial charge in [-0.05, 0) is 42.0 Å². The first kappa shape index (κ1) is 18.6.